The second-order valence-corrected chi connectivity index (χ2v) is 6.24. The molecule has 0 aromatic carbocycles. The molecule has 2 N–H and O–H groups in total. The molecule has 2 rings (SSSR count). The van der Waals surface area contributed by atoms with E-state index in [2.05, 4.69) is 21.2 Å². The highest BCUT2D eigenvalue weighted by atomic mass is 79.9. The number of pyridine rings is 1. The number of carbonyl (C=O) groups excluding carboxylic acids is 1. The Kier molecular flexibility index (Phi) is 4.82. The quantitative estimate of drug-likeness (QED) is 0.866. The molecule has 0 bridgehead atoms. The van der Waals surface area contributed by atoms with Crippen LogP contribution in [0.25, 0.3) is 0 Å². The topological polar surface area (TPSA) is 88.4 Å². The van der Waals surface area contributed by atoms with Crippen LogP contribution in [0, 0.1) is 11.8 Å². The summed E-state index contributed by atoms with van der Waals surface area (Å²) >= 11 is 3.15. The Balaban J connectivity index is 2.07. The summed E-state index contributed by atoms with van der Waals surface area (Å²) in [6.07, 6.45) is 3.98. The van der Waals surface area contributed by atoms with Crippen molar-refractivity contribution in [3.63, 3.8) is 0 Å². The molecule has 1 fully saturated rings. The molecule has 1 heterocycles. The number of hydrogen-bond donors (Lipinski definition) is 2. The predicted molar refractivity (Wildman–Crippen MR) is 81.1 cm³/mol. The molecule has 1 amide bonds. The number of carboxylic acid groups (broad SMARTS) is 1. The van der Waals surface area contributed by atoms with Crippen LogP contribution in [0.5, 0.6) is 0 Å². The number of anilines is 1. The highest BCUT2D eigenvalue weighted by molar-refractivity contribution is 9.10. The third-order valence-corrected chi connectivity index (χ3v) is 4.37. The van der Waals surface area contributed by atoms with E-state index in [4.69, 9.17) is 5.11 Å². The van der Waals surface area contributed by atoms with Gasteiger partial charge in [-0.25, -0.2) is 0 Å². The van der Waals surface area contributed by atoms with Gasteiger partial charge in [-0.3, -0.25) is 14.4 Å². The van der Waals surface area contributed by atoms with Gasteiger partial charge in [0.05, 0.1) is 16.1 Å². The van der Waals surface area contributed by atoms with Crippen LogP contribution in [0.2, 0.25) is 0 Å². The Morgan fingerprint density at radius 2 is 2.05 bits per heavy atom. The van der Waals surface area contributed by atoms with Crippen molar-refractivity contribution in [2.45, 2.75) is 25.7 Å². The Labute approximate surface area is 130 Å². The van der Waals surface area contributed by atoms with Crippen molar-refractivity contribution >= 4 is 33.5 Å². The highest BCUT2D eigenvalue weighted by Crippen LogP contribution is 2.30. The zero-order valence-electron chi connectivity index (χ0n) is 11.6. The molecule has 0 radical (unpaired) electrons. The minimum Gasteiger partial charge on any atom is -0.481 e. The maximum atomic E-state index is 12.2. The maximum absolute atomic E-state index is 12.2. The van der Waals surface area contributed by atoms with E-state index in [9.17, 15) is 14.4 Å². The molecule has 1 aliphatic carbocycles. The SMILES string of the molecule is Cn1cc(NC(=O)C2CCCC(C(=O)O)C2)cc(Br)c1=O. The van der Waals surface area contributed by atoms with Gasteiger partial charge in [-0.1, -0.05) is 6.42 Å². The van der Waals surface area contributed by atoms with Crippen LogP contribution < -0.4 is 10.9 Å². The van der Waals surface area contributed by atoms with Gasteiger partial charge in [0.2, 0.25) is 5.91 Å². The summed E-state index contributed by atoms with van der Waals surface area (Å²) < 4.78 is 1.75. The molecule has 0 saturated heterocycles. The number of carboxylic acids is 1. The van der Waals surface area contributed by atoms with Crippen molar-refractivity contribution < 1.29 is 14.7 Å². The molecule has 1 aliphatic rings. The van der Waals surface area contributed by atoms with Gasteiger partial charge in [0.15, 0.2) is 0 Å². The van der Waals surface area contributed by atoms with Crippen LogP contribution in [-0.2, 0) is 16.6 Å². The fraction of sp³-hybridized carbons (Fsp3) is 0.500. The molecule has 2 atom stereocenters. The summed E-state index contributed by atoms with van der Waals surface area (Å²) in [6.45, 7) is 0. The standard InChI is InChI=1S/C14H17BrN2O4/c1-17-7-10(6-11(15)13(17)19)16-12(18)8-3-2-4-9(5-8)14(20)21/h6-9H,2-5H2,1H3,(H,16,18)(H,20,21). The van der Waals surface area contributed by atoms with Gasteiger partial charge < -0.3 is 15.0 Å². The summed E-state index contributed by atoms with van der Waals surface area (Å²) in [7, 11) is 1.60. The number of amides is 1. The summed E-state index contributed by atoms with van der Waals surface area (Å²) in [5.41, 5.74) is 0.336. The van der Waals surface area contributed by atoms with Gasteiger partial charge in [0.25, 0.3) is 5.56 Å². The molecule has 0 aliphatic heterocycles. The second-order valence-electron chi connectivity index (χ2n) is 5.38. The molecular weight excluding hydrogens is 340 g/mol. The first kappa shape index (κ1) is 15.8. The molecule has 7 heteroatoms. The first-order valence-electron chi connectivity index (χ1n) is 6.78. The zero-order chi connectivity index (χ0) is 15.6. The van der Waals surface area contributed by atoms with E-state index in [1.165, 1.54) is 4.57 Å². The van der Waals surface area contributed by atoms with Crippen molar-refractivity contribution in [2.24, 2.45) is 18.9 Å². The molecular formula is C14H17BrN2O4. The third kappa shape index (κ3) is 3.72. The molecule has 6 nitrogen and oxygen atoms in total. The fourth-order valence-electron chi connectivity index (χ4n) is 2.64. The van der Waals surface area contributed by atoms with Crippen LogP contribution in [0.3, 0.4) is 0 Å². The number of aromatic nitrogens is 1. The van der Waals surface area contributed by atoms with Gasteiger partial charge in [0.1, 0.15) is 0 Å². The lowest BCUT2D eigenvalue weighted by atomic mass is 9.81. The number of aliphatic carboxylic acids is 1. The normalized spacial score (nSPS) is 21.8. The molecule has 21 heavy (non-hydrogen) atoms. The van der Waals surface area contributed by atoms with Gasteiger partial charge in [0, 0.05) is 19.2 Å². The van der Waals surface area contributed by atoms with Crippen molar-refractivity contribution in [3.05, 3.63) is 27.1 Å². The van der Waals surface area contributed by atoms with E-state index in [1.54, 1.807) is 19.3 Å². The van der Waals surface area contributed by atoms with Crippen molar-refractivity contribution in [2.75, 3.05) is 5.32 Å². The Hall–Kier alpha value is -1.63. The second kappa shape index (κ2) is 6.43. The van der Waals surface area contributed by atoms with E-state index in [-0.39, 0.29) is 17.4 Å². The van der Waals surface area contributed by atoms with Gasteiger partial charge in [-0.15, -0.1) is 0 Å². The third-order valence-electron chi connectivity index (χ3n) is 3.80. The minimum atomic E-state index is -0.836. The predicted octanol–water partition coefficient (Wildman–Crippen LogP) is 1.98. The van der Waals surface area contributed by atoms with Crippen molar-refractivity contribution in [3.8, 4) is 0 Å². The van der Waals surface area contributed by atoms with Crippen molar-refractivity contribution in [1.82, 2.24) is 4.57 Å². The number of rotatable bonds is 3. The summed E-state index contributed by atoms with van der Waals surface area (Å²) in [4.78, 5) is 34.8. The Morgan fingerprint density at radius 1 is 1.38 bits per heavy atom. The van der Waals surface area contributed by atoms with Gasteiger partial charge >= 0.3 is 5.97 Å². The first-order chi connectivity index (χ1) is 9.88. The van der Waals surface area contributed by atoms with Crippen molar-refractivity contribution in [1.29, 1.82) is 0 Å². The summed E-state index contributed by atoms with van der Waals surface area (Å²) in [6, 6.07) is 1.55. The highest BCUT2D eigenvalue weighted by Gasteiger charge is 2.31. The largest absolute Gasteiger partial charge is 0.481 e. The molecule has 1 aromatic heterocycles. The van der Waals surface area contributed by atoms with E-state index in [0.29, 0.717) is 29.4 Å². The van der Waals surface area contributed by atoms with Crippen LogP contribution in [0.1, 0.15) is 25.7 Å². The number of hydrogen-bond acceptors (Lipinski definition) is 3. The zero-order valence-corrected chi connectivity index (χ0v) is 13.2. The van der Waals surface area contributed by atoms with E-state index in [1.807, 2.05) is 0 Å². The fourth-order valence-corrected chi connectivity index (χ4v) is 3.16. The number of aryl methyl sites for hydroxylation is 1. The number of carbonyl (C=O) groups is 2. The average Bonchev–Trinajstić information content (AvgIpc) is 2.44. The lowest BCUT2D eigenvalue weighted by Gasteiger charge is -2.25. The van der Waals surface area contributed by atoms with Crippen LogP contribution in [0.4, 0.5) is 5.69 Å². The van der Waals surface area contributed by atoms with Crippen LogP contribution in [0.15, 0.2) is 21.5 Å². The summed E-state index contributed by atoms with van der Waals surface area (Å²) in [5, 5.41) is 11.8. The van der Waals surface area contributed by atoms with E-state index < -0.39 is 11.9 Å². The lowest BCUT2D eigenvalue weighted by Crippen LogP contribution is -2.31. The Bertz CT molecular complexity index is 600. The number of nitrogens with zero attached hydrogens (tertiary/aromatic N) is 1. The van der Waals surface area contributed by atoms with E-state index >= 15 is 0 Å². The molecule has 1 saturated carbocycles. The monoisotopic (exact) mass is 356 g/mol. The Morgan fingerprint density at radius 3 is 2.67 bits per heavy atom. The van der Waals surface area contributed by atoms with Crippen LogP contribution >= 0.6 is 15.9 Å². The molecule has 0 spiro atoms. The minimum absolute atomic E-state index is 0.184. The first-order valence-corrected chi connectivity index (χ1v) is 7.57. The van der Waals surface area contributed by atoms with E-state index in [0.717, 1.165) is 6.42 Å². The smallest absolute Gasteiger partial charge is 0.306 e. The maximum Gasteiger partial charge on any atom is 0.306 e. The average molecular weight is 357 g/mol. The lowest BCUT2D eigenvalue weighted by molar-refractivity contribution is -0.143. The number of halogens is 1. The summed E-state index contributed by atoms with van der Waals surface area (Å²) in [5.74, 6) is -1.76. The van der Waals surface area contributed by atoms with Gasteiger partial charge in [-0.05, 0) is 41.3 Å². The van der Waals surface area contributed by atoms with Gasteiger partial charge in [-0.2, -0.15) is 0 Å². The van der Waals surface area contributed by atoms with Crippen LogP contribution in [-0.4, -0.2) is 21.6 Å². The number of nitrogens with one attached hydrogen (secondary N) is 1. The molecule has 114 valence electrons. The molecule has 1 aromatic rings. The molecule has 2 unspecified atom stereocenters.